The highest BCUT2D eigenvalue weighted by Gasteiger charge is 2.12. The lowest BCUT2D eigenvalue weighted by Crippen LogP contribution is -2.40. The number of rotatable bonds is 5. The number of carbonyl (C=O) groups excluding carboxylic acids is 3. The first-order valence-corrected chi connectivity index (χ1v) is 6.36. The van der Waals surface area contributed by atoms with Gasteiger partial charge in [-0.25, -0.2) is 0 Å². The van der Waals surface area contributed by atoms with Crippen LogP contribution < -0.4 is 20.7 Å². The van der Waals surface area contributed by atoms with E-state index in [-0.39, 0.29) is 17.8 Å². The van der Waals surface area contributed by atoms with Gasteiger partial charge in [-0.1, -0.05) is 18.2 Å². The van der Waals surface area contributed by atoms with Crippen molar-refractivity contribution in [2.24, 2.45) is 5.73 Å². The monoisotopic (exact) mass is 299 g/mol. The fourth-order valence-corrected chi connectivity index (χ4v) is 1.85. The average molecular weight is 299 g/mol. The molecule has 0 fully saturated rings. The first-order valence-electron chi connectivity index (χ1n) is 6.36. The highest BCUT2D eigenvalue weighted by Crippen LogP contribution is 2.13. The molecular weight excluding hydrogens is 286 g/mol. The molecule has 7 heteroatoms. The summed E-state index contributed by atoms with van der Waals surface area (Å²) in [5.74, 6) is -2.33. The molecule has 0 radical (unpaired) electrons. The number of anilines is 1. The van der Waals surface area contributed by atoms with Crippen molar-refractivity contribution in [3.8, 4) is 0 Å². The number of carbonyl (C=O) groups is 3. The van der Waals surface area contributed by atoms with Crippen LogP contribution >= 0.6 is 0 Å². The lowest BCUT2D eigenvalue weighted by atomic mass is 10.2. The Hall–Kier alpha value is -3.22. The van der Waals surface area contributed by atoms with Crippen LogP contribution in [0.4, 0.5) is 5.69 Å². The van der Waals surface area contributed by atoms with Gasteiger partial charge >= 0.3 is 0 Å². The van der Waals surface area contributed by atoms with Crippen molar-refractivity contribution in [1.29, 1.82) is 0 Å². The Bertz CT molecular complexity index is 726. The van der Waals surface area contributed by atoms with Gasteiger partial charge in [0.05, 0.1) is 17.2 Å². The summed E-state index contributed by atoms with van der Waals surface area (Å²) in [7, 11) is 0. The number of carboxylic acid groups (broad SMARTS) is 1. The maximum Gasteiger partial charge on any atom is 0.290 e. The zero-order valence-corrected chi connectivity index (χ0v) is 11.5. The number of aromatic nitrogens is 1. The van der Waals surface area contributed by atoms with Crippen LogP contribution in [0.25, 0.3) is 0 Å². The molecule has 0 aliphatic carbocycles. The standard InChI is InChI=1S/C15H13N3O4/c16-14(20)10-5-7-18(8-6-10)9-13(19)17-12-4-2-1-3-11(12)15(21)22/h1-8H,9H2,(H3-,16,17,19,20,21,22). The fourth-order valence-electron chi connectivity index (χ4n) is 1.85. The Morgan fingerprint density at radius 3 is 2.32 bits per heavy atom. The predicted molar refractivity (Wildman–Crippen MR) is 74.6 cm³/mol. The molecule has 2 aromatic rings. The predicted octanol–water partition coefficient (Wildman–Crippen LogP) is -0.925. The third-order valence-corrected chi connectivity index (χ3v) is 2.92. The summed E-state index contributed by atoms with van der Waals surface area (Å²) in [6.45, 7) is -0.0412. The van der Waals surface area contributed by atoms with E-state index in [0.29, 0.717) is 5.56 Å². The molecule has 0 saturated heterocycles. The zero-order valence-electron chi connectivity index (χ0n) is 11.5. The van der Waals surface area contributed by atoms with Gasteiger partial charge in [-0.2, -0.15) is 4.57 Å². The van der Waals surface area contributed by atoms with E-state index in [1.54, 1.807) is 6.07 Å². The second-order valence-corrected chi connectivity index (χ2v) is 4.50. The molecule has 0 aliphatic heterocycles. The molecule has 22 heavy (non-hydrogen) atoms. The number of pyridine rings is 1. The fraction of sp³-hybridized carbons (Fsp3) is 0.0667. The molecule has 112 valence electrons. The van der Waals surface area contributed by atoms with Crippen molar-refractivity contribution in [1.82, 2.24) is 0 Å². The van der Waals surface area contributed by atoms with Crippen LogP contribution in [-0.4, -0.2) is 17.8 Å². The van der Waals surface area contributed by atoms with Gasteiger partial charge in [0.15, 0.2) is 12.4 Å². The van der Waals surface area contributed by atoms with E-state index in [1.165, 1.54) is 47.3 Å². The normalized spacial score (nSPS) is 10.0. The minimum absolute atomic E-state index is 0.0412. The minimum Gasteiger partial charge on any atom is -0.545 e. The molecular formula is C15H13N3O4. The average Bonchev–Trinajstić information content (AvgIpc) is 2.48. The smallest absolute Gasteiger partial charge is 0.290 e. The van der Waals surface area contributed by atoms with E-state index < -0.39 is 17.8 Å². The van der Waals surface area contributed by atoms with Crippen molar-refractivity contribution in [2.45, 2.75) is 6.54 Å². The summed E-state index contributed by atoms with van der Waals surface area (Å²) < 4.78 is 1.53. The van der Waals surface area contributed by atoms with E-state index >= 15 is 0 Å². The van der Waals surface area contributed by atoms with Crippen LogP contribution in [-0.2, 0) is 11.3 Å². The number of nitrogens with one attached hydrogen (secondary N) is 1. The second kappa shape index (κ2) is 6.49. The molecule has 2 amide bonds. The van der Waals surface area contributed by atoms with Crippen LogP contribution in [0.1, 0.15) is 20.7 Å². The molecule has 0 aliphatic rings. The van der Waals surface area contributed by atoms with Crippen molar-refractivity contribution in [3.63, 3.8) is 0 Å². The van der Waals surface area contributed by atoms with Crippen LogP contribution in [0.2, 0.25) is 0 Å². The van der Waals surface area contributed by atoms with E-state index in [9.17, 15) is 19.5 Å². The molecule has 0 bridgehead atoms. The summed E-state index contributed by atoms with van der Waals surface area (Å²) in [4.78, 5) is 33.8. The van der Waals surface area contributed by atoms with E-state index in [0.717, 1.165) is 0 Å². The summed E-state index contributed by atoms with van der Waals surface area (Å²) in [5, 5.41) is 13.5. The Labute approximate surface area is 126 Å². The molecule has 0 unspecified atom stereocenters. The molecule has 1 aromatic carbocycles. The number of para-hydroxylation sites is 1. The van der Waals surface area contributed by atoms with Gasteiger partial charge in [-0.05, 0) is 6.07 Å². The number of primary amides is 1. The van der Waals surface area contributed by atoms with Crippen molar-refractivity contribution < 1.29 is 24.1 Å². The van der Waals surface area contributed by atoms with Gasteiger partial charge < -0.3 is 21.0 Å². The number of hydrogen-bond donors (Lipinski definition) is 2. The lowest BCUT2D eigenvalue weighted by molar-refractivity contribution is -0.684. The minimum atomic E-state index is -1.37. The van der Waals surface area contributed by atoms with E-state index in [4.69, 9.17) is 5.73 Å². The first kappa shape index (κ1) is 15.2. The van der Waals surface area contributed by atoms with Gasteiger partial charge in [0.2, 0.25) is 12.5 Å². The third-order valence-electron chi connectivity index (χ3n) is 2.92. The van der Waals surface area contributed by atoms with E-state index in [1.807, 2.05) is 0 Å². The number of hydrogen-bond acceptors (Lipinski definition) is 4. The van der Waals surface area contributed by atoms with Gasteiger partial charge in [0, 0.05) is 17.7 Å². The summed E-state index contributed by atoms with van der Waals surface area (Å²) in [5.41, 5.74) is 5.53. The Morgan fingerprint density at radius 2 is 1.73 bits per heavy atom. The molecule has 1 aromatic heterocycles. The molecule has 3 N–H and O–H groups in total. The van der Waals surface area contributed by atoms with Gasteiger partial charge in [0.25, 0.3) is 5.91 Å². The maximum atomic E-state index is 11.9. The number of nitrogens with zero attached hydrogens (tertiary/aromatic N) is 1. The topological polar surface area (TPSA) is 116 Å². The first-order chi connectivity index (χ1) is 10.5. The van der Waals surface area contributed by atoms with Crippen LogP contribution in [0.15, 0.2) is 48.8 Å². The zero-order chi connectivity index (χ0) is 16.1. The number of amides is 2. The lowest BCUT2D eigenvalue weighted by Gasteiger charge is -2.10. The van der Waals surface area contributed by atoms with Crippen molar-refractivity contribution in [2.75, 3.05) is 5.32 Å². The molecule has 0 spiro atoms. The number of nitrogens with two attached hydrogens (primary N) is 1. The van der Waals surface area contributed by atoms with Crippen LogP contribution in [0.5, 0.6) is 0 Å². The third kappa shape index (κ3) is 3.66. The summed E-state index contributed by atoms with van der Waals surface area (Å²) >= 11 is 0. The molecule has 0 atom stereocenters. The van der Waals surface area contributed by atoms with Crippen LogP contribution in [0, 0.1) is 0 Å². The summed E-state index contributed by atoms with van der Waals surface area (Å²) in [6, 6.07) is 8.95. The highest BCUT2D eigenvalue weighted by atomic mass is 16.4. The van der Waals surface area contributed by atoms with Gasteiger partial charge in [-0.3, -0.25) is 9.59 Å². The molecule has 0 saturated carbocycles. The van der Waals surface area contributed by atoms with E-state index in [2.05, 4.69) is 5.32 Å². The second-order valence-electron chi connectivity index (χ2n) is 4.50. The molecule has 1 heterocycles. The highest BCUT2D eigenvalue weighted by molar-refractivity contribution is 5.99. The number of carboxylic acids is 1. The SMILES string of the molecule is NC(=O)c1cc[n+](CC(=O)Nc2ccccc2C(=O)[O-])cc1. The number of aromatic carboxylic acids is 1. The quantitative estimate of drug-likeness (QED) is 0.694. The molecule has 7 nitrogen and oxygen atoms in total. The van der Waals surface area contributed by atoms with Crippen molar-refractivity contribution in [3.05, 3.63) is 59.9 Å². The van der Waals surface area contributed by atoms with Gasteiger partial charge in [0.1, 0.15) is 0 Å². The molecule has 2 rings (SSSR count). The van der Waals surface area contributed by atoms with Crippen LogP contribution in [0.3, 0.4) is 0 Å². The number of benzene rings is 1. The van der Waals surface area contributed by atoms with Crippen molar-refractivity contribution >= 4 is 23.5 Å². The Morgan fingerprint density at radius 1 is 1.09 bits per heavy atom. The summed E-state index contributed by atoms with van der Waals surface area (Å²) in [6.07, 6.45) is 3.06. The Balaban J connectivity index is 2.07. The maximum absolute atomic E-state index is 11.9. The Kier molecular flexibility index (Phi) is 4.47. The largest absolute Gasteiger partial charge is 0.545 e. The van der Waals surface area contributed by atoms with Gasteiger partial charge in [-0.15, -0.1) is 0 Å².